The summed E-state index contributed by atoms with van der Waals surface area (Å²) in [6.07, 6.45) is -0.395. The minimum atomic E-state index is -0.919. The standard InChI is InChI=1S/C16H29NO9/c1-21-5-6-22-7-8-23-9-10-24-11-12-25-16(20)26-13-17-14(18)3-2-4-15(17)19/h14,18H,2-13H2,1H3. The van der Waals surface area contributed by atoms with Gasteiger partial charge in [0.05, 0.1) is 46.2 Å². The van der Waals surface area contributed by atoms with E-state index in [1.165, 1.54) is 0 Å². The van der Waals surface area contributed by atoms with Crippen LogP contribution in [0.25, 0.3) is 0 Å². The summed E-state index contributed by atoms with van der Waals surface area (Å²) >= 11 is 0. The van der Waals surface area contributed by atoms with Gasteiger partial charge in [0.15, 0.2) is 6.73 Å². The van der Waals surface area contributed by atoms with Gasteiger partial charge < -0.3 is 33.5 Å². The van der Waals surface area contributed by atoms with Crippen molar-refractivity contribution in [3.63, 3.8) is 0 Å². The lowest BCUT2D eigenvalue weighted by atomic mass is 10.1. The van der Waals surface area contributed by atoms with Crippen molar-refractivity contribution in [1.29, 1.82) is 0 Å². The third kappa shape index (κ3) is 10.5. The third-order valence-corrected chi connectivity index (χ3v) is 3.48. The molecule has 1 amide bonds. The summed E-state index contributed by atoms with van der Waals surface area (Å²) in [7, 11) is 1.61. The van der Waals surface area contributed by atoms with E-state index in [4.69, 9.17) is 28.4 Å². The van der Waals surface area contributed by atoms with E-state index in [0.717, 1.165) is 4.90 Å². The van der Waals surface area contributed by atoms with Crippen molar-refractivity contribution in [1.82, 2.24) is 4.90 Å². The molecule has 1 aliphatic rings. The molecular formula is C16H29NO9. The predicted octanol–water partition coefficient (Wildman–Crippen LogP) is 0.124. The van der Waals surface area contributed by atoms with Gasteiger partial charge in [-0.1, -0.05) is 0 Å². The first-order valence-corrected chi connectivity index (χ1v) is 8.64. The van der Waals surface area contributed by atoms with Crippen LogP contribution in [-0.4, -0.2) is 95.0 Å². The van der Waals surface area contributed by atoms with Gasteiger partial charge >= 0.3 is 6.16 Å². The lowest BCUT2D eigenvalue weighted by Gasteiger charge is -2.30. The van der Waals surface area contributed by atoms with E-state index >= 15 is 0 Å². The van der Waals surface area contributed by atoms with Crippen LogP contribution in [0.1, 0.15) is 19.3 Å². The number of hydrogen-bond donors (Lipinski definition) is 1. The quantitative estimate of drug-likeness (QED) is 0.332. The number of hydrogen-bond acceptors (Lipinski definition) is 9. The zero-order chi connectivity index (χ0) is 19.0. The second-order valence-corrected chi connectivity index (χ2v) is 5.44. The number of methoxy groups -OCH3 is 1. The number of likely N-dealkylation sites (tertiary alicyclic amines) is 1. The van der Waals surface area contributed by atoms with Gasteiger partial charge in [0.2, 0.25) is 5.91 Å². The molecule has 1 rings (SSSR count). The molecule has 10 heteroatoms. The SMILES string of the molecule is COCCOCCOCCOCCOC(=O)OCN1C(=O)CCCC1O. The van der Waals surface area contributed by atoms with Gasteiger partial charge in [0, 0.05) is 13.5 Å². The van der Waals surface area contributed by atoms with Crippen molar-refractivity contribution in [3.8, 4) is 0 Å². The van der Waals surface area contributed by atoms with Crippen LogP contribution in [0.3, 0.4) is 0 Å². The largest absolute Gasteiger partial charge is 0.510 e. The van der Waals surface area contributed by atoms with E-state index in [1.807, 2.05) is 0 Å². The molecule has 0 radical (unpaired) electrons. The molecule has 0 aliphatic carbocycles. The number of nitrogens with zero attached hydrogens (tertiary/aromatic N) is 1. The highest BCUT2D eigenvalue weighted by atomic mass is 16.7. The maximum absolute atomic E-state index is 11.6. The summed E-state index contributed by atoms with van der Waals surface area (Å²) in [5, 5.41) is 9.67. The van der Waals surface area contributed by atoms with Crippen LogP contribution < -0.4 is 0 Å². The van der Waals surface area contributed by atoms with Crippen LogP contribution in [-0.2, 0) is 33.2 Å². The van der Waals surface area contributed by atoms with E-state index in [9.17, 15) is 14.7 Å². The molecule has 1 saturated heterocycles. The van der Waals surface area contributed by atoms with Gasteiger partial charge in [0.25, 0.3) is 0 Å². The monoisotopic (exact) mass is 379 g/mol. The van der Waals surface area contributed by atoms with Crippen LogP contribution in [0, 0.1) is 0 Å². The second kappa shape index (κ2) is 14.7. The molecule has 0 saturated carbocycles. The molecule has 0 aromatic carbocycles. The minimum absolute atomic E-state index is 0.0233. The lowest BCUT2D eigenvalue weighted by molar-refractivity contribution is -0.155. The number of aliphatic hydroxyl groups is 1. The maximum atomic E-state index is 11.6. The fourth-order valence-electron chi connectivity index (χ4n) is 2.09. The van der Waals surface area contributed by atoms with E-state index in [1.54, 1.807) is 7.11 Å². The van der Waals surface area contributed by atoms with Crippen LogP contribution in [0.5, 0.6) is 0 Å². The smallest absolute Gasteiger partial charge is 0.432 e. The Morgan fingerprint density at radius 1 is 1.00 bits per heavy atom. The fraction of sp³-hybridized carbons (Fsp3) is 0.875. The summed E-state index contributed by atoms with van der Waals surface area (Å²) in [4.78, 5) is 24.1. The highest BCUT2D eigenvalue weighted by Gasteiger charge is 2.27. The van der Waals surface area contributed by atoms with Crippen LogP contribution in [0.2, 0.25) is 0 Å². The van der Waals surface area contributed by atoms with Gasteiger partial charge in [-0.05, 0) is 12.8 Å². The Morgan fingerprint density at radius 2 is 1.58 bits per heavy atom. The average molecular weight is 379 g/mol. The van der Waals surface area contributed by atoms with Gasteiger partial charge in [-0.25, -0.2) is 4.79 Å². The van der Waals surface area contributed by atoms with Crippen molar-refractivity contribution in [2.75, 3.05) is 66.7 Å². The number of carbonyl (C=O) groups is 2. The van der Waals surface area contributed by atoms with Crippen molar-refractivity contribution in [3.05, 3.63) is 0 Å². The molecule has 26 heavy (non-hydrogen) atoms. The molecular weight excluding hydrogens is 350 g/mol. The molecule has 1 unspecified atom stereocenters. The van der Waals surface area contributed by atoms with Gasteiger partial charge in [-0.2, -0.15) is 0 Å². The zero-order valence-electron chi connectivity index (χ0n) is 15.2. The number of aliphatic hydroxyl groups excluding tert-OH is 1. The number of ether oxygens (including phenoxy) is 6. The molecule has 1 heterocycles. The first-order valence-electron chi connectivity index (χ1n) is 8.64. The molecule has 0 spiro atoms. The number of rotatable bonds is 14. The van der Waals surface area contributed by atoms with Crippen molar-refractivity contribution in [2.24, 2.45) is 0 Å². The minimum Gasteiger partial charge on any atom is -0.432 e. The van der Waals surface area contributed by atoms with Crippen molar-refractivity contribution in [2.45, 2.75) is 25.5 Å². The van der Waals surface area contributed by atoms with E-state index in [2.05, 4.69) is 0 Å². The molecule has 1 N–H and O–H groups in total. The Bertz CT molecular complexity index is 394. The number of carbonyl (C=O) groups excluding carboxylic acids is 2. The Morgan fingerprint density at radius 3 is 2.15 bits per heavy atom. The highest BCUT2D eigenvalue weighted by molar-refractivity contribution is 5.77. The summed E-state index contributed by atoms with van der Waals surface area (Å²) in [6.45, 7) is 2.74. The Labute approximate surface area is 153 Å². The van der Waals surface area contributed by atoms with E-state index in [0.29, 0.717) is 58.9 Å². The number of amides is 1. The first-order chi connectivity index (χ1) is 12.6. The predicted molar refractivity (Wildman–Crippen MR) is 88.3 cm³/mol. The summed E-state index contributed by atoms with van der Waals surface area (Å²) in [5.41, 5.74) is 0. The van der Waals surface area contributed by atoms with E-state index < -0.39 is 12.4 Å². The Balaban J connectivity index is 1.88. The molecule has 1 fully saturated rings. The van der Waals surface area contributed by atoms with Gasteiger partial charge in [-0.3, -0.25) is 9.69 Å². The zero-order valence-corrected chi connectivity index (χ0v) is 15.2. The lowest BCUT2D eigenvalue weighted by Crippen LogP contribution is -2.45. The molecule has 10 nitrogen and oxygen atoms in total. The van der Waals surface area contributed by atoms with Crippen LogP contribution in [0.4, 0.5) is 4.79 Å². The summed E-state index contributed by atoms with van der Waals surface area (Å²) in [6, 6.07) is 0. The molecule has 152 valence electrons. The Kier molecular flexibility index (Phi) is 12.8. The maximum Gasteiger partial charge on any atom is 0.510 e. The van der Waals surface area contributed by atoms with Crippen LogP contribution >= 0.6 is 0 Å². The third-order valence-electron chi connectivity index (χ3n) is 3.48. The molecule has 1 aliphatic heterocycles. The Hall–Kier alpha value is -1.46. The normalized spacial score (nSPS) is 17.4. The first kappa shape index (κ1) is 22.6. The molecule has 0 bridgehead atoms. The topological polar surface area (TPSA) is 113 Å². The van der Waals surface area contributed by atoms with Crippen molar-refractivity contribution < 1.29 is 43.1 Å². The summed E-state index contributed by atoms with van der Waals surface area (Å²) < 4.78 is 30.2. The van der Waals surface area contributed by atoms with Gasteiger partial charge in [-0.15, -0.1) is 0 Å². The molecule has 0 aromatic heterocycles. The van der Waals surface area contributed by atoms with Crippen molar-refractivity contribution >= 4 is 12.1 Å². The summed E-state index contributed by atoms with van der Waals surface area (Å²) in [5.74, 6) is -0.246. The fourth-order valence-corrected chi connectivity index (χ4v) is 2.09. The highest BCUT2D eigenvalue weighted by Crippen LogP contribution is 2.15. The van der Waals surface area contributed by atoms with E-state index in [-0.39, 0.29) is 25.9 Å². The number of piperidine rings is 1. The van der Waals surface area contributed by atoms with Gasteiger partial charge in [0.1, 0.15) is 12.8 Å². The van der Waals surface area contributed by atoms with Crippen LogP contribution in [0.15, 0.2) is 0 Å². The second-order valence-electron chi connectivity index (χ2n) is 5.44. The molecule has 0 aromatic rings. The molecule has 1 atom stereocenters. The average Bonchev–Trinajstić information content (AvgIpc) is 2.62.